The Hall–Kier alpha value is -1.42. The lowest BCUT2D eigenvalue weighted by Crippen LogP contribution is -2.51. The van der Waals surface area contributed by atoms with Gasteiger partial charge in [-0.15, -0.1) is 11.3 Å². The second kappa shape index (κ2) is 10.1. The number of H-pyrrole nitrogens is 1. The molecule has 1 amide bonds. The van der Waals surface area contributed by atoms with E-state index in [1.807, 2.05) is 0 Å². The Morgan fingerprint density at radius 1 is 1.24 bits per heavy atom. The van der Waals surface area contributed by atoms with Crippen molar-refractivity contribution in [2.24, 2.45) is 0 Å². The number of likely N-dealkylation sites (tertiary alicyclic amines) is 1. The van der Waals surface area contributed by atoms with Crippen molar-refractivity contribution in [2.45, 2.75) is 76.4 Å². The first kappa shape index (κ1) is 23.3. The second-order valence-electron chi connectivity index (χ2n) is 9.71. The number of thiophene rings is 1. The fourth-order valence-corrected chi connectivity index (χ4v) is 7.75. The van der Waals surface area contributed by atoms with Crippen LogP contribution in [-0.2, 0) is 28.1 Å². The van der Waals surface area contributed by atoms with Crippen LogP contribution in [0.3, 0.4) is 0 Å². The molecule has 0 saturated carbocycles. The fraction of sp³-hybridized carbons (Fsp3) is 0.708. The Morgan fingerprint density at radius 2 is 2.06 bits per heavy atom. The summed E-state index contributed by atoms with van der Waals surface area (Å²) in [7, 11) is 0. The van der Waals surface area contributed by atoms with E-state index in [1.165, 1.54) is 10.4 Å². The summed E-state index contributed by atoms with van der Waals surface area (Å²) < 4.78 is 5.85. The summed E-state index contributed by atoms with van der Waals surface area (Å²) in [5, 5.41) is 0.806. The van der Waals surface area contributed by atoms with Crippen molar-refractivity contribution in [2.75, 3.05) is 31.9 Å². The highest BCUT2D eigenvalue weighted by molar-refractivity contribution is 7.98. The molecule has 1 N–H and O–H groups in total. The van der Waals surface area contributed by atoms with Crippen molar-refractivity contribution in [1.29, 1.82) is 0 Å². The summed E-state index contributed by atoms with van der Waals surface area (Å²) in [6, 6.07) is 0.321. The Morgan fingerprint density at radius 3 is 2.88 bits per heavy atom. The summed E-state index contributed by atoms with van der Waals surface area (Å²) in [6.07, 6.45) is 6.45. The lowest BCUT2D eigenvalue weighted by atomic mass is 10.1. The van der Waals surface area contributed by atoms with Crippen molar-refractivity contribution in [3.8, 4) is 0 Å². The van der Waals surface area contributed by atoms with Crippen LogP contribution in [0.15, 0.2) is 4.79 Å². The molecule has 0 spiro atoms. The van der Waals surface area contributed by atoms with E-state index in [0.29, 0.717) is 18.2 Å². The number of carbonyl (C=O) groups is 1. The molecule has 7 nitrogen and oxygen atoms in total. The van der Waals surface area contributed by atoms with Crippen molar-refractivity contribution in [3.63, 3.8) is 0 Å². The maximum absolute atomic E-state index is 12.9. The van der Waals surface area contributed by atoms with Crippen LogP contribution in [0.5, 0.6) is 0 Å². The van der Waals surface area contributed by atoms with Gasteiger partial charge in [0.1, 0.15) is 10.7 Å². The molecule has 3 unspecified atom stereocenters. The molecule has 2 aromatic heterocycles. The highest BCUT2D eigenvalue weighted by atomic mass is 32.2. The Labute approximate surface area is 203 Å². The Bertz CT molecular complexity index is 1060. The summed E-state index contributed by atoms with van der Waals surface area (Å²) in [5.74, 6) is 2.36. The molecule has 3 aliphatic rings. The van der Waals surface area contributed by atoms with Gasteiger partial charge in [0, 0.05) is 49.3 Å². The predicted molar refractivity (Wildman–Crippen MR) is 134 cm³/mol. The number of thioether (sulfide) groups is 1. The molecular formula is C24H34N4O3S2. The number of hydrogen-bond acceptors (Lipinski definition) is 7. The van der Waals surface area contributed by atoms with Crippen LogP contribution in [0.4, 0.5) is 0 Å². The lowest BCUT2D eigenvalue weighted by molar-refractivity contribution is -0.132. The van der Waals surface area contributed by atoms with Crippen LogP contribution >= 0.6 is 23.1 Å². The number of nitrogens with zero attached hydrogens (tertiary/aromatic N) is 3. The molecule has 2 aliphatic heterocycles. The van der Waals surface area contributed by atoms with Crippen molar-refractivity contribution < 1.29 is 9.53 Å². The summed E-state index contributed by atoms with van der Waals surface area (Å²) in [5.41, 5.74) is 1.22. The van der Waals surface area contributed by atoms with Gasteiger partial charge in [-0.05, 0) is 51.5 Å². The monoisotopic (exact) mass is 490 g/mol. The van der Waals surface area contributed by atoms with Gasteiger partial charge in [0.15, 0.2) is 0 Å². The Kier molecular flexibility index (Phi) is 7.11. The fourth-order valence-electron chi connectivity index (χ4n) is 5.67. The van der Waals surface area contributed by atoms with E-state index in [1.54, 1.807) is 23.1 Å². The quantitative estimate of drug-likeness (QED) is 0.601. The first-order chi connectivity index (χ1) is 16.0. The smallest absolute Gasteiger partial charge is 0.259 e. The number of nitrogens with one attached hydrogen (secondary N) is 1. The van der Waals surface area contributed by atoms with E-state index in [9.17, 15) is 9.59 Å². The SMILES string of the molecule is CC1CN(CC2CCCN2C(=O)CCSCc2nc3sc4c(c3c(=O)[nH]2)CCC4)CC(C)O1. The normalized spacial score (nSPS) is 25.8. The molecule has 0 aromatic carbocycles. The number of aryl methyl sites for hydroxylation is 2. The van der Waals surface area contributed by atoms with Gasteiger partial charge in [0.25, 0.3) is 5.56 Å². The average molecular weight is 491 g/mol. The van der Waals surface area contributed by atoms with E-state index in [4.69, 9.17) is 9.72 Å². The highest BCUT2D eigenvalue weighted by Gasteiger charge is 2.32. The maximum Gasteiger partial charge on any atom is 0.259 e. The summed E-state index contributed by atoms with van der Waals surface area (Å²) in [6.45, 7) is 7.97. The minimum atomic E-state index is -0.00210. The van der Waals surface area contributed by atoms with Crippen LogP contribution < -0.4 is 5.56 Å². The Balaban J connectivity index is 1.11. The molecule has 1 aliphatic carbocycles. The summed E-state index contributed by atoms with van der Waals surface area (Å²) in [4.78, 5) is 40.0. The number of rotatable bonds is 7. The topological polar surface area (TPSA) is 78.5 Å². The molecule has 180 valence electrons. The third-order valence-corrected chi connectivity index (χ3v) is 9.14. The highest BCUT2D eigenvalue weighted by Crippen LogP contribution is 2.34. The minimum absolute atomic E-state index is 0.00210. The van der Waals surface area contributed by atoms with Crippen LogP contribution in [0.1, 0.15) is 55.8 Å². The average Bonchev–Trinajstić information content (AvgIpc) is 3.46. The van der Waals surface area contributed by atoms with Gasteiger partial charge in [-0.2, -0.15) is 11.8 Å². The molecular weight excluding hydrogens is 456 g/mol. The molecule has 0 bridgehead atoms. The maximum atomic E-state index is 12.9. The predicted octanol–water partition coefficient (Wildman–Crippen LogP) is 3.20. The van der Waals surface area contributed by atoms with Gasteiger partial charge in [0.05, 0.1) is 23.3 Å². The molecule has 9 heteroatoms. The van der Waals surface area contributed by atoms with Crippen LogP contribution in [-0.4, -0.2) is 75.9 Å². The number of fused-ring (bicyclic) bond motifs is 3. The van der Waals surface area contributed by atoms with Gasteiger partial charge in [-0.1, -0.05) is 0 Å². The third-order valence-electron chi connectivity index (χ3n) is 6.98. The van der Waals surface area contributed by atoms with E-state index in [2.05, 4.69) is 28.6 Å². The zero-order valence-corrected chi connectivity index (χ0v) is 21.2. The first-order valence-electron chi connectivity index (χ1n) is 12.3. The molecule has 2 fully saturated rings. The largest absolute Gasteiger partial charge is 0.373 e. The third kappa shape index (κ3) is 5.16. The lowest BCUT2D eigenvalue weighted by Gasteiger charge is -2.38. The second-order valence-corrected chi connectivity index (χ2v) is 11.9. The van der Waals surface area contributed by atoms with E-state index >= 15 is 0 Å². The van der Waals surface area contributed by atoms with Crippen LogP contribution in [0, 0.1) is 0 Å². The molecule has 2 aromatic rings. The minimum Gasteiger partial charge on any atom is -0.373 e. The van der Waals surface area contributed by atoms with Crippen molar-refractivity contribution >= 4 is 39.2 Å². The van der Waals surface area contributed by atoms with E-state index in [-0.39, 0.29) is 23.7 Å². The zero-order valence-electron chi connectivity index (χ0n) is 19.6. The van der Waals surface area contributed by atoms with Crippen LogP contribution in [0.25, 0.3) is 10.2 Å². The number of aromatic nitrogens is 2. The molecule has 4 heterocycles. The van der Waals surface area contributed by atoms with Crippen molar-refractivity contribution in [3.05, 3.63) is 26.6 Å². The van der Waals surface area contributed by atoms with Gasteiger partial charge in [0.2, 0.25) is 5.91 Å². The molecule has 2 saturated heterocycles. The number of aromatic amines is 1. The molecule has 0 radical (unpaired) electrons. The van der Waals surface area contributed by atoms with Crippen LogP contribution in [0.2, 0.25) is 0 Å². The number of carbonyl (C=O) groups excluding carboxylic acids is 1. The van der Waals surface area contributed by atoms with Gasteiger partial charge in [-0.25, -0.2) is 4.98 Å². The van der Waals surface area contributed by atoms with Gasteiger partial charge >= 0.3 is 0 Å². The first-order valence-corrected chi connectivity index (χ1v) is 14.2. The van der Waals surface area contributed by atoms with E-state index in [0.717, 1.165) is 80.1 Å². The van der Waals surface area contributed by atoms with Crippen molar-refractivity contribution in [1.82, 2.24) is 19.8 Å². The number of morpholine rings is 1. The summed E-state index contributed by atoms with van der Waals surface area (Å²) >= 11 is 3.35. The number of hydrogen-bond donors (Lipinski definition) is 1. The molecule has 3 atom stereocenters. The number of amides is 1. The van der Waals surface area contributed by atoms with E-state index < -0.39 is 0 Å². The standard InChI is InChI=1S/C24H34N4O3S2/c1-15-11-27(12-16(2)31-15)13-17-5-4-9-28(17)21(29)8-10-32-14-20-25-23(30)22-18-6-3-7-19(18)33-24(22)26-20/h15-17H,3-14H2,1-2H3,(H,25,26,30). The molecule has 5 rings (SSSR count). The number of ether oxygens (including phenoxy) is 1. The van der Waals surface area contributed by atoms with Gasteiger partial charge in [-0.3, -0.25) is 14.5 Å². The van der Waals surface area contributed by atoms with Gasteiger partial charge < -0.3 is 14.6 Å². The zero-order chi connectivity index (χ0) is 22.9. The molecule has 33 heavy (non-hydrogen) atoms.